The summed E-state index contributed by atoms with van der Waals surface area (Å²) in [4.78, 5) is 4.80. The van der Waals surface area contributed by atoms with Gasteiger partial charge in [-0.1, -0.05) is 17.7 Å². The van der Waals surface area contributed by atoms with Gasteiger partial charge in [0.25, 0.3) is 0 Å². The highest BCUT2D eigenvalue weighted by Gasteiger charge is 2.29. The molecule has 142 valence electrons. The zero-order chi connectivity index (χ0) is 19.0. The van der Waals surface area contributed by atoms with Gasteiger partial charge in [-0.25, -0.2) is 17.9 Å². The first kappa shape index (κ1) is 17.9. The van der Waals surface area contributed by atoms with Gasteiger partial charge in [-0.2, -0.15) is 9.40 Å². The maximum Gasteiger partial charge on any atom is 0.243 e. The van der Waals surface area contributed by atoms with Crippen LogP contribution in [0.5, 0.6) is 0 Å². The van der Waals surface area contributed by atoms with E-state index in [0.717, 1.165) is 35.4 Å². The van der Waals surface area contributed by atoms with Gasteiger partial charge in [0.05, 0.1) is 10.6 Å². The minimum atomic E-state index is -3.43. The molecule has 0 unspecified atom stereocenters. The van der Waals surface area contributed by atoms with Crippen molar-refractivity contribution in [2.45, 2.75) is 37.6 Å². The molecular weight excluding hydrogens is 362 g/mol. The Morgan fingerprint density at radius 3 is 2.52 bits per heavy atom. The second-order valence-electron chi connectivity index (χ2n) is 7.03. The molecular formula is C19H23N5O2S. The topological polar surface area (TPSA) is 79.6 Å². The Morgan fingerprint density at radius 2 is 1.81 bits per heavy atom. The molecule has 0 spiro atoms. The van der Waals surface area contributed by atoms with Crippen LogP contribution in [0.25, 0.3) is 5.52 Å². The van der Waals surface area contributed by atoms with Crippen LogP contribution in [0.1, 0.15) is 24.1 Å². The lowest BCUT2D eigenvalue weighted by Crippen LogP contribution is -2.42. The lowest BCUT2D eigenvalue weighted by molar-refractivity contribution is 0.329. The van der Waals surface area contributed by atoms with E-state index in [9.17, 15) is 8.42 Å². The molecule has 0 atom stereocenters. The van der Waals surface area contributed by atoms with Crippen LogP contribution in [-0.4, -0.2) is 46.5 Å². The molecule has 7 nitrogen and oxygen atoms in total. The molecule has 4 rings (SSSR count). The molecule has 1 aliphatic rings. The van der Waals surface area contributed by atoms with E-state index in [-0.39, 0.29) is 6.04 Å². The standard InChI is InChI=1S/C19H23N5O2S/c1-14-3-5-17(6-4-14)27(25,26)23-10-7-16(8-11-23)21-19-18-13-15(2)22-24(18)12-9-20-19/h3-6,9,12-13,16H,7-8,10-11H2,1-2H3,(H,20,21). The number of piperidine rings is 1. The molecule has 0 aliphatic carbocycles. The van der Waals surface area contributed by atoms with Crippen molar-refractivity contribution in [3.63, 3.8) is 0 Å². The summed E-state index contributed by atoms with van der Waals surface area (Å²) < 4.78 is 29.0. The summed E-state index contributed by atoms with van der Waals surface area (Å²) in [5, 5.41) is 7.86. The van der Waals surface area contributed by atoms with Crippen molar-refractivity contribution in [3.05, 3.63) is 54.0 Å². The molecule has 1 N–H and O–H groups in total. The molecule has 0 bridgehead atoms. The molecule has 3 aromatic rings. The van der Waals surface area contributed by atoms with Crippen LogP contribution >= 0.6 is 0 Å². The molecule has 27 heavy (non-hydrogen) atoms. The quantitative estimate of drug-likeness (QED) is 0.747. The van der Waals surface area contributed by atoms with Crippen molar-refractivity contribution in [3.8, 4) is 0 Å². The maximum absolute atomic E-state index is 12.8. The zero-order valence-corrected chi connectivity index (χ0v) is 16.3. The van der Waals surface area contributed by atoms with Gasteiger partial charge in [0.2, 0.25) is 10.0 Å². The Kier molecular flexibility index (Phi) is 4.61. The molecule has 0 saturated carbocycles. The highest BCUT2D eigenvalue weighted by atomic mass is 32.2. The third-order valence-electron chi connectivity index (χ3n) is 4.97. The molecule has 1 aliphatic heterocycles. The molecule has 1 fully saturated rings. The number of hydrogen-bond acceptors (Lipinski definition) is 5. The van der Waals surface area contributed by atoms with Crippen LogP contribution in [0.15, 0.2) is 47.6 Å². The van der Waals surface area contributed by atoms with Gasteiger partial charge in [-0.3, -0.25) is 0 Å². The lowest BCUT2D eigenvalue weighted by atomic mass is 10.1. The number of benzene rings is 1. The van der Waals surface area contributed by atoms with Gasteiger partial charge >= 0.3 is 0 Å². The number of nitrogens with zero attached hydrogens (tertiary/aromatic N) is 4. The van der Waals surface area contributed by atoms with Crippen molar-refractivity contribution in [2.75, 3.05) is 18.4 Å². The van der Waals surface area contributed by atoms with Crippen molar-refractivity contribution in [1.29, 1.82) is 0 Å². The summed E-state index contributed by atoms with van der Waals surface area (Å²) in [5.41, 5.74) is 2.92. The van der Waals surface area contributed by atoms with E-state index in [2.05, 4.69) is 15.4 Å². The number of aromatic nitrogens is 3. The fourth-order valence-electron chi connectivity index (χ4n) is 3.45. The third kappa shape index (κ3) is 3.54. The summed E-state index contributed by atoms with van der Waals surface area (Å²) in [5.74, 6) is 0.790. The highest BCUT2D eigenvalue weighted by Crippen LogP contribution is 2.24. The Bertz CT molecular complexity index is 1050. The van der Waals surface area contributed by atoms with E-state index in [1.54, 1.807) is 22.6 Å². The number of aryl methyl sites for hydroxylation is 2. The molecule has 0 amide bonds. The average molecular weight is 385 g/mol. The minimum Gasteiger partial charge on any atom is -0.365 e. The van der Waals surface area contributed by atoms with Crippen LogP contribution in [-0.2, 0) is 10.0 Å². The maximum atomic E-state index is 12.8. The summed E-state index contributed by atoms with van der Waals surface area (Å²) >= 11 is 0. The molecule has 3 heterocycles. The van der Waals surface area contributed by atoms with Gasteiger partial charge in [0.15, 0.2) is 5.82 Å². The molecule has 2 aromatic heterocycles. The molecule has 8 heteroatoms. The normalized spacial score (nSPS) is 16.7. The zero-order valence-electron chi connectivity index (χ0n) is 15.5. The van der Waals surface area contributed by atoms with Crippen molar-refractivity contribution in [2.24, 2.45) is 0 Å². The van der Waals surface area contributed by atoms with Gasteiger partial charge in [0.1, 0.15) is 5.52 Å². The van der Waals surface area contributed by atoms with Crippen LogP contribution < -0.4 is 5.32 Å². The van der Waals surface area contributed by atoms with Gasteiger partial charge in [-0.15, -0.1) is 0 Å². The fourth-order valence-corrected chi connectivity index (χ4v) is 4.92. The number of nitrogens with one attached hydrogen (secondary N) is 1. The van der Waals surface area contributed by atoms with Crippen LogP contribution in [0.2, 0.25) is 0 Å². The van der Waals surface area contributed by atoms with Crippen molar-refractivity contribution < 1.29 is 8.42 Å². The van der Waals surface area contributed by atoms with E-state index in [1.807, 2.05) is 42.8 Å². The second-order valence-corrected chi connectivity index (χ2v) is 8.97. The first-order chi connectivity index (χ1) is 12.9. The highest BCUT2D eigenvalue weighted by molar-refractivity contribution is 7.89. The summed E-state index contributed by atoms with van der Waals surface area (Å²) in [7, 11) is -3.43. The molecule has 1 aromatic carbocycles. The Morgan fingerprint density at radius 1 is 1.11 bits per heavy atom. The van der Waals surface area contributed by atoms with E-state index in [4.69, 9.17) is 0 Å². The molecule has 0 radical (unpaired) electrons. The Labute approximate surface area is 159 Å². The van der Waals surface area contributed by atoms with E-state index >= 15 is 0 Å². The summed E-state index contributed by atoms with van der Waals surface area (Å²) in [6, 6.07) is 9.21. The number of sulfonamides is 1. The van der Waals surface area contributed by atoms with Crippen LogP contribution in [0.3, 0.4) is 0 Å². The Balaban J connectivity index is 1.45. The van der Waals surface area contributed by atoms with Crippen molar-refractivity contribution >= 4 is 21.4 Å². The Hall–Kier alpha value is -2.45. The van der Waals surface area contributed by atoms with E-state index in [1.165, 1.54) is 0 Å². The van der Waals surface area contributed by atoms with Crippen LogP contribution in [0.4, 0.5) is 5.82 Å². The van der Waals surface area contributed by atoms with E-state index < -0.39 is 10.0 Å². The predicted molar refractivity (Wildman–Crippen MR) is 104 cm³/mol. The number of rotatable bonds is 4. The van der Waals surface area contributed by atoms with Gasteiger partial charge in [0, 0.05) is 31.5 Å². The second kappa shape index (κ2) is 6.94. The average Bonchev–Trinajstić information content (AvgIpc) is 3.04. The van der Waals surface area contributed by atoms with Gasteiger partial charge in [-0.05, 0) is 44.9 Å². The smallest absolute Gasteiger partial charge is 0.243 e. The summed E-state index contributed by atoms with van der Waals surface area (Å²) in [6.45, 7) is 4.89. The SMILES string of the molecule is Cc1ccc(S(=O)(=O)N2CCC(Nc3nccn4nc(C)cc34)CC2)cc1. The van der Waals surface area contributed by atoms with E-state index in [0.29, 0.717) is 18.0 Å². The third-order valence-corrected chi connectivity index (χ3v) is 6.88. The first-order valence-electron chi connectivity index (χ1n) is 9.08. The van der Waals surface area contributed by atoms with Crippen molar-refractivity contribution in [1.82, 2.24) is 18.9 Å². The van der Waals surface area contributed by atoms with Crippen LogP contribution in [0, 0.1) is 13.8 Å². The predicted octanol–water partition coefficient (Wildman–Crippen LogP) is 2.61. The number of fused-ring (bicyclic) bond motifs is 1. The fraction of sp³-hybridized carbons (Fsp3) is 0.368. The number of anilines is 1. The molecule has 1 saturated heterocycles. The summed E-state index contributed by atoms with van der Waals surface area (Å²) in [6.07, 6.45) is 5.02. The first-order valence-corrected chi connectivity index (χ1v) is 10.5. The number of hydrogen-bond donors (Lipinski definition) is 1. The lowest BCUT2D eigenvalue weighted by Gasteiger charge is -2.32. The van der Waals surface area contributed by atoms with Gasteiger partial charge < -0.3 is 5.32 Å². The largest absolute Gasteiger partial charge is 0.365 e. The minimum absolute atomic E-state index is 0.184. The monoisotopic (exact) mass is 385 g/mol.